The second-order valence-electron chi connectivity index (χ2n) is 15.1. The number of aryl methyl sites for hydroxylation is 2. The van der Waals surface area contributed by atoms with E-state index in [1.807, 2.05) is 26.0 Å². The molecule has 2 atom stereocenters. The van der Waals surface area contributed by atoms with Crippen molar-refractivity contribution < 1.29 is 38.2 Å². The number of amides is 4. The van der Waals surface area contributed by atoms with Crippen LogP contribution in [0.4, 0.5) is 34.1 Å². The first-order valence-electron chi connectivity index (χ1n) is 21.6. The van der Waals surface area contributed by atoms with Crippen LogP contribution in [-0.2, 0) is 37.9 Å². The van der Waals surface area contributed by atoms with Gasteiger partial charge in [0.1, 0.15) is 22.9 Å². The first kappa shape index (κ1) is 54.5. The summed E-state index contributed by atoms with van der Waals surface area (Å²) in [5.74, 6) is -2.48. The third kappa shape index (κ3) is 15.0. The molecule has 0 aliphatic carbocycles. The molecule has 5 aromatic carbocycles. The lowest BCUT2D eigenvalue weighted by Gasteiger charge is -2.15. The van der Waals surface area contributed by atoms with Gasteiger partial charge in [-0.1, -0.05) is 35.3 Å². The largest absolute Gasteiger partial charge is 0.494 e. The van der Waals surface area contributed by atoms with Crippen LogP contribution in [0.15, 0.2) is 111 Å². The second-order valence-corrected chi connectivity index (χ2v) is 16.9. The summed E-state index contributed by atoms with van der Waals surface area (Å²) in [7, 11) is 0. The highest BCUT2D eigenvalue weighted by molar-refractivity contribution is 6.37. The lowest BCUT2D eigenvalue weighted by atomic mass is 10.1. The van der Waals surface area contributed by atoms with Crippen molar-refractivity contribution in [2.24, 2.45) is 20.5 Å². The number of azo groups is 2. The van der Waals surface area contributed by atoms with E-state index in [4.69, 9.17) is 67.5 Å². The van der Waals surface area contributed by atoms with Gasteiger partial charge in [-0.15, -0.1) is 34.8 Å². The second kappa shape index (κ2) is 26.5. The highest BCUT2D eigenvalue weighted by atomic mass is 35.5. The number of Topliss-reactive ketones (excluding diaryl/α,β-unsaturated/α-hetero) is 2. The molecule has 0 bridgehead atoms. The number of hydrogen-bond acceptors (Lipinski definition) is 12. The number of hydrogen-bond donors (Lipinski definition) is 4. The predicted octanol–water partition coefficient (Wildman–Crippen LogP) is 12.0. The molecule has 21 heteroatoms. The lowest BCUT2D eigenvalue weighted by molar-refractivity contribution is -0.127. The average Bonchev–Trinajstić information content (AvgIpc) is 3.30. The van der Waals surface area contributed by atoms with Gasteiger partial charge >= 0.3 is 0 Å². The van der Waals surface area contributed by atoms with E-state index in [9.17, 15) is 28.8 Å². The van der Waals surface area contributed by atoms with Gasteiger partial charge < -0.3 is 30.7 Å². The van der Waals surface area contributed by atoms with Crippen LogP contribution in [0.5, 0.6) is 11.5 Å². The molecule has 0 aliphatic rings. The molecule has 4 N–H and O–H groups in total. The average molecular weight is 1050 g/mol. The van der Waals surface area contributed by atoms with E-state index < -0.39 is 47.3 Å². The topological polar surface area (TPSA) is 218 Å². The zero-order valence-corrected chi connectivity index (χ0v) is 42.0. The SMILES string of the molecule is CCOc1cc(CCCl)cc(NC(=O)c2cccc(N=NC(C(C)=O)C(=O)Nc3ccc(NC(=O)C(N=Nc4cccc(C(=O)Nc5cc(CCCl)cc(OCC)c5)c4Cl)C(C)=O)c(CCl)c3)c2Cl)c1. The maximum absolute atomic E-state index is 13.5. The quantitative estimate of drug-likeness (QED) is 0.0279. The molecule has 16 nitrogen and oxygen atoms in total. The first-order chi connectivity index (χ1) is 33.6. The summed E-state index contributed by atoms with van der Waals surface area (Å²) in [6.07, 6.45) is 1.10. The van der Waals surface area contributed by atoms with Crippen LogP contribution in [0.2, 0.25) is 10.0 Å². The van der Waals surface area contributed by atoms with Crippen LogP contribution < -0.4 is 30.7 Å². The molecule has 0 saturated carbocycles. The molecule has 4 amide bonds. The standard InChI is InChI=1S/C49H47Cl5N8O8/c1-5-69-35-21-29(15-17-50)19-33(24-35)56-46(65)37-9-7-11-40(42(37)53)59-61-44(27(3)63)48(67)55-32-13-14-39(31(23-32)26-52)58-49(68)45(28(4)64)62-60-41-12-8-10-38(43(41)54)47(66)57-34-20-30(16-18-51)22-36(25-34)70-6-2/h7-14,19-25,44-45H,5-6,15-18,26H2,1-4H3,(H,55,67)(H,56,65)(H,57,66)(H,58,68). The number of alkyl halides is 3. The van der Waals surface area contributed by atoms with Gasteiger partial charge in [0.05, 0.1) is 34.4 Å². The first-order valence-corrected chi connectivity index (χ1v) is 23.9. The molecule has 0 fully saturated rings. The van der Waals surface area contributed by atoms with E-state index in [0.717, 1.165) is 25.0 Å². The lowest BCUT2D eigenvalue weighted by Crippen LogP contribution is -2.32. The number of halogens is 5. The number of rotatable bonds is 23. The molecule has 5 aromatic rings. The van der Waals surface area contributed by atoms with E-state index >= 15 is 0 Å². The summed E-state index contributed by atoms with van der Waals surface area (Å²) in [4.78, 5) is 79.0. The molecule has 366 valence electrons. The van der Waals surface area contributed by atoms with Crippen LogP contribution in [0.3, 0.4) is 0 Å². The highest BCUT2D eigenvalue weighted by Crippen LogP contribution is 2.33. The third-order valence-corrected chi connectivity index (χ3v) is 11.3. The van der Waals surface area contributed by atoms with Crippen LogP contribution in [-0.4, -0.2) is 72.3 Å². The summed E-state index contributed by atoms with van der Waals surface area (Å²) in [6.45, 7) is 6.82. The minimum absolute atomic E-state index is 0.0152. The summed E-state index contributed by atoms with van der Waals surface area (Å²) in [6, 6.07) is 20.5. The Hall–Kier alpha value is -6.43. The van der Waals surface area contributed by atoms with E-state index in [1.54, 1.807) is 24.3 Å². The predicted molar refractivity (Wildman–Crippen MR) is 274 cm³/mol. The van der Waals surface area contributed by atoms with Crippen molar-refractivity contribution in [2.45, 2.75) is 58.5 Å². The molecule has 0 spiro atoms. The number of carbonyl (C=O) groups excluding carboxylic acids is 6. The van der Waals surface area contributed by atoms with Crippen LogP contribution in [0.25, 0.3) is 0 Å². The van der Waals surface area contributed by atoms with Gasteiger partial charge in [0.15, 0.2) is 11.6 Å². The number of nitrogens with one attached hydrogen (secondary N) is 4. The molecule has 0 aliphatic heterocycles. The van der Waals surface area contributed by atoms with Crippen molar-refractivity contribution in [3.05, 3.63) is 129 Å². The Balaban J connectivity index is 1.26. The van der Waals surface area contributed by atoms with Crippen molar-refractivity contribution in [2.75, 3.05) is 46.2 Å². The number of nitrogens with zero attached hydrogens (tertiary/aromatic N) is 4. The van der Waals surface area contributed by atoms with Crippen molar-refractivity contribution in [3.63, 3.8) is 0 Å². The maximum atomic E-state index is 13.5. The molecule has 0 aromatic heterocycles. The fourth-order valence-corrected chi connectivity index (χ4v) is 7.76. The normalized spacial score (nSPS) is 12.0. The summed E-state index contributed by atoms with van der Waals surface area (Å²) < 4.78 is 11.3. The molecule has 2 unspecified atom stereocenters. The van der Waals surface area contributed by atoms with Crippen LogP contribution in [0, 0.1) is 0 Å². The Morgan fingerprint density at radius 2 is 1.01 bits per heavy atom. The highest BCUT2D eigenvalue weighted by Gasteiger charge is 2.27. The van der Waals surface area contributed by atoms with Gasteiger partial charge in [-0.25, -0.2) is 0 Å². The Labute approximate surface area is 428 Å². The number of carbonyl (C=O) groups is 6. The molecule has 70 heavy (non-hydrogen) atoms. The van der Waals surface area contributed by atoms with Gasteiger partial charge in [-0.3, -0.25) is 28.8 Å². The summed E-state index contributed by atoms with van der Waals surface area (Å²) in [5.41, 5.74) is 3.43. The van der Waals surface area contributed by atoms with E-state index in [0.29, 0.717) is 66.3 Å². The Bertz CT molecular complexity index is 2780. The molecule has 0 heterocycles. The van der Waals surface area contributed by atoms with E-state index in [-0.39, 0.29) is 49.8 Å². The number of anilines is 4. The summed E-state index contributed by atoms with van der Waals surface area (Å²) >= 11 is 31.3. The molecular weight excluding hydrogens is 1010 g/mol. The monoisotopic (exact) mass is 1050 g/mol. The molecule has 0 radical (unpaired) electrons. The van der Waals surface area contributed by atoms with Gasteiger partial charge in [0.2, 0.25) is 12.1 Å². The van der Waals surface area contributed by atoms with Crippen molar-refractivity contribution in [3.8, 4) is 11.5 Å². The molecular formula is C49H47Cl5N8O8. The number of ketones is 2. The molecule has 5 rings (SSSR count). The van der Waals surface area contributed by atoms with E-state index in [2.05, 4.69) is 41.7 Å². The van der Waals surface area contributed by atoms with Crippen LogP contribution >= 0.6 is 58.0 Å². The smallest absolute Gasteiger partial charge is 0.258 e. The molecule has 0 saturated heterocycles. The minimum atomic E-state index is -1.64. The zero-order chi connectivity index (χ0) is 50.9. The minimum Gasteiger partial charge on any atom is -0.494 e. The number of benzene rings is 5. The van der Waals surface area contributed by atoms with E-state index in [1.165, 1.54) is 54.6 Å². The summed E-state index contributed by atoms with van der Waals surface area (Å²) in [5, 5.41) is 26.7. The third-order valence-electron chi connectivity index (χ3n) is 9.89. The Morgan fingerprint density at radius 3 is 1.43 bits per heavy atom. The van der Waals surface area contributed by atoms with Gasteiger partial charge in [0.25, 0.3) is 23.6 Å². The number of ether oxygens (including phenoxy) is 2. The fraction of sp³-hybridized carbons (Fsp3) is 0.265. The van der Waals surface area contributed by atoms with Crippen molar-refractivity contribution in [1.29, 1.82) is 0 Å². The van der Waals surface area contributed by atoms with Crippen molar-refractivity contribution >= 4 is 127 Å². The van der Waals surface area contributed by atoms with Gasteiger partial charge in [-0.2, -0.15) is 20.5 Å². The zero-order valence-electron chi connectivity index (χ0n) is 38.2. The Morgan fingerprint density at radius 1 is 0.557 bits per heavy atom. The fourth-order valence-electron chi connectivity index (χ4n) is 6.61. The Kier molecular flexibility index (Phi) is 20.7. The van der Waals surface area contributed by atoms with Gasteiger partial charge in [-0.05, 0) is 124 Å². The maximum Gasteiger partial charge on any atom is 0.258 e. The van der Waals surface area contributed by atoms with Crippen LogP contribution in [0.1, 0.15) is 65.1 Å². The van der Waals surface area contributed by atoms with Gasteiger partial charge in [0, 0.05) is 52.5 Å². The van der Waals surface area contributed by atoms with Crippen molar-refractivity contribution in [1.82, 2.24) is 0 Å².